The number of carbonyl (C=O) groups excluding carboxylic acids is 1. The van der Waals surface area contributed by atoms with Crippen molar-refractivity contribution in [3.05, 3.63) is 18.3 Å². The minimum absolute atomic E-state index is 0.110. The summed E-state index contributed by atoms with van der Waals surface area (Å²) in [5, 5.41) is 14.7. The van der Waals surface area contributed by atoms with Gasteiger partial charge in [-0.15, -0.1) is 5.10 Å². The second-order valence-electron chi connectivity index (χ2n) is 6.98. The third-order valence-electron chi connectivity index (χ3n) is 5.30. The molecule has 0 spiro atoms. The van der Waals surface area contributed by atoms with E-state index in [1.807, 2.05) is 12.1 Å². The normalized spacial score (nSPS) is 22.3. The molecule has 2 N–H and O–H groups in total. The lowest BCUT2D eigenvalue weighted by Gasteiger charge is -2.31. The highest BCUT2D eigenvalue weighted by Crippen LogP contribution is 2.22. The maximum Gasteiger partial charge on any atom is 0.234 e. The van der Waals surface area contributed by atoms with E-state index in [4.69, 9.17) is 0 Å². The molecule has 1 atom stereocenters. The van der Waals surface area contributed by atoms with E-state index < -0.39 is 0 Å². The molecule has 0 unspecified atom stereocenters. The van der Waals surface area contributed by atoms with Gasteiger partial charge in [-0.25, -0.2) is 0 Å². The Bertz CT molecular complexity index is 532. The minimum Gasteiger partial charge on any atom is -0.352 e. The van der Waals surface area contributed by atoms with Gasteiger partial charge in [-0.1, -0.05) is 6.92 Å². The number of carbonyl (C=O) groups is 1. The Kier molecular flexibility index (Phi) is 6.58. The van der Waals surface area contributed by atoms with Crippen molar-refractivity contribution in [2.75, 3.05) is 44.2 Å². The first-order valence-corrected chi connectivity index (χ1v) is 9.53. The summed E-state index contributed by atoms with van der Waals surface area (Å²) < 4.78 is 0. The summed E-state index contributed by atoms with van der Waals surface area (Å²) in [5.41, 5.74) is 0. The molecule has 1 aromatic rings. The minimum atomic E-state index is 0.110. The van der Waals surface area contributed by atoms with E-state index in [1.165, 1.54) is 0 Å². The Hall–Kier alpha value is -1.73. The van der Waals surface area contributed by atoms with Gasteiger partial charge < -0.3 is 20.4 Å². The zero-order valence-corrected chi connectivity index (χ0v) is 15.2. The predicted molar refractivity (Wildman–Crippen MR) is 98.5 cm³/mol. The maximum atomic E-state index is 12.2. The molecule has 7 heteroatoms. The van der Waals surface area contributed by atoms with Crippen molar-refractivity contribution in [1.29, 1.82) is 0 Å². The molecule has 25 heavy (non-hydrogen) atoms. The van der Waals surface area contributed by atoms with Gasteiger partial charge in [-0.05, 0) is 44.4 Å². The zero-order chi connectivity index (χ0) is 17.5. The topological polar surface area (TPSA) is 73.4 Å². The Morgan fingerprint density at radius 2 is 2.12 bits per heavy atom. The van der Waals surface area contributed by atoms with Gasteiger partial charge in [-0.3, -0.25) is 4.79 Å². The van der Waals surface area contributed by atoms with Gasteiger partial charge in [0.05, 0.1) is 6.54 Å². The molecule has 7 nitrogen and oxygen atoms in total. The van der Waals surface area contributed by atoms with Crippen LogP contribution in [-0.2, 0) is 4.79 Å². The monoisotopic (exact) mass is 346 g/mol. The van der Waals surface area contributed by atoms with Crippen LogP contribution >= 0.6 is 0 Å². The Balaban J connectivity index is 1.37. The van der Waals surface area contributed by atoms with Gasteiger partial charge in [-0.2, -0.15) is 5.10 Å². The zero-order valence-electron chi connectivity index (χ0n) is 15.2. The molecular formula is C18H30N6O. The van der Waals surface area contributed by atoms with E-state index >= 15 is 0 Å². The van der Waals surface area contributed by atoms with Crippen molar-refractivity contribution in [2.24, 2.45) is 0 Å². The second kappa shape index (κ2) is 9.10. The van der Waals surface area contributed by atoms with Crippen molar-refractivity contribution < 1.29 is 4.79 Å². The average molecular weight is 346 g/mol. The van der Waals surface area contributed by atoms with Gasteiger partial charge >= 0.3 is 0 Å². The standard InChI is InChI=1S/C18H30N6O/c1-2-23-11-7-15(8-12-23)21-18(25)14-19-13-16-5-4-10-24(16)17-6-3-9-20-22-17/h3,6,9,15-16,19H,2,4-5,7-8,10-14H2,1H3,(H,21,25)/t16-/m1/s1. The van der Waals surface area contributed by atoms with Crippen molar-refractivity contribution in [3.8, 4) is 0 Å². The van der Waals surface area contributed by atoms with E-state index in [0.29, 0.717) is 18.6 Å². The van der Waals surface area contributed by atoms with E-state index in [0.717, 1.165) is 64.2 Å². The smallest absolute Gasteiger partial charge is 0.234 e. The molecule has 2 saturated heterocycles. The van der Waals surface area contributed by atoms with Crippen molar-refractivity contribution in [1.82, 2.24) is 25.7 Å². The molecule has 2 fully saturated rings. The van der Waals surface area contributed by atoms with Crippen LogP contribution < -0.4 is 15.5 Å². The molecule has 0 saturated carbocycles. The van der Waals surface area contributed by atoms with E-state index in [-0.39, 0.29) is 5.91 Å². The molecule has 3 rings (SSSR count). The number of hydrogen-bond acceptors (Lipinski definition) is 6. The summed E-state index contributed by atoms with van der Waals surface area (Å²) in [5.74, 6) is 1.04. The fourth-order valence-electron chi connectivity index (χ4n) is 3.82. The van der Waals surface area contributed by atoms with E-state index in [1.54, 1.807) is 6.20 Å². The predicted octanol–water partition coefficient (Wildman–Crippen LogP) is 0.636. The summed E-state index contributed by atoms with van der Waals surface area (Å²) in [7, 11) is 0. The highest BCUT2D eigenvalue weighted by atomic mass is 16.2. The molecule has 1 amide bonds. The third kappa shape index (κ3) is 5.12. The summed E-state index contributed by atoms with van der Waals surface area (Å²) >= 11 is 0. The molecule has 0 radical (unpaired) electrons. The lowest BCUT2D eigenvalue weighted by atomic mass is 10.1. The number of likely N-dealkylation sites (tertiary alicyclic amines) is 1. The van der Waals surface area contributed by atoms with Crippen molar-refractivity contribution in [3.63, 3.8) is 0 Å². The molecule has 2 aliphatic rings. The summed E-state index contributed by atoms with van der Waals surface area (Å²) in [6.45, 7) is 7.67. The van der Waals surface area contributed by atoms with Gasteiger partial charge in [0.25, 0.3) is 0 Å². The van der Waals surface area contributed by atoms with Gasteiger partial charge in [0.2, 0.25) is 5.91 Å². The Morgan fingerprint density at radius 1 is 1.28 bits per heavy atom. The number of amides is 1. The first-order chi connectivity index (χ1) is 12.3. The van der Waals surface area contributed by atoms with Gasteiger partial charge in [0.1, 0.15) is 0 Å². The number of aromatic nitrogens is 2. The summed E-state index contributed by atoms with van der Waals surface area (Å²) in [4.78, 5) is 16.9. The van der Waals surface area contributed by atoms with Crippen LogP contribution in [0.2, 0.25) is 0 Å². The van der Waals surface area contributed by atoms with Crippen LogP contribution in [0.15, 0.2) is 18.3 Å². The van der Waals surface area contributed by atoms with Crippen molar-refractivity contribution >= 4 is 11.7 Å². The first-order valence-electron chi connectivity index (χ1n) is 9.53. The van der Waals surface area contributed by atoms with Crippen LogP contribution in [-0.4, -0.2) is 72.4 Å². The first kappa shape index (κ1) is 18.1. The Morgan fingerprint density at radius 3 is 2.84 bits per heavy atom. The fourth-order valence-corrected chi connectivity index (χ4v) is 3.82. The average Bonchev–Trinajstić information content (AvgIpc) is 3.11. The highest BCUT2D eigenvalue weighted by Gasteiger charge is 2.26. The number of hydrogen-bond donors (Lipinski definition) is 2. The number of rotatable bonds is 7. The molecule has 0 aromatic carbocycles. The summed E-state index contributed by atoms with van der Waals surface area (Å²) in [6, 6.07) is 4.64. The van der Waals surface area contributed by atoms with Crippen molar-refractivity contribution in [2.45, 2.75) is 44.7 Å². The highest BCUT2D eigenvalue weighted by molar-refractivity contribution is 5.78. The molecule has 3 heterocycles. The second-order valence-corrected chi connectivity index (χ2v) is 6.98. The molecule has 2 aliphatic heterocycles. The quantitative estimate of drug-likeness (QED) is 0.755. The van der Waals surface area contributed by atoms with E-state index in [2.05, 4.69) is 37.6 Å². The maximum absolute atomic E-state index is 12.2. The van der Waals surface area contributed by atoms with Gasteiger partial charge in [0.15, 0.2) is 5.82 Å². The number of nitrogens with zero attached hydrogens (tertiary/aromatic N) is 4. The lowest BCUT2D eigenvalue weighted by molar-refractivity contribution is -0.121. The number of nitrogens with one attached hydrogen (secondary N) is 2. The Labute approximate surface area is 150 Å². The molecule has 1 aromatic heterocycles. The molecular weight excluding hydrogens is 316 g/mol. The van der Waals surface area contributed by atoms with Crippen LogP contribution in [0.4, 0.5) is 5.82 Å². The molecule has 0 aliphatic carbocycles. The lowest BCUT2D eigenvalue weighted by Crippen LogP contribution is -2.48. The number of anilines is 1. The molecule has 138 valence electrons. The van der Waals surface area contributed by atoms with Crippen LogP contribution in [0.25, 0.3) is 0 Å². The molecule has 0 bridgehead atoms. The largest absolute Gasteiger partial charge is 0.352 e. The van der Waals surface area contributed by atoms with Crippen LogP contribution in [0.5, 0.6) is 0 Å². The third-order valence-corrected chi connectivity index (χ3v) is 5.30. The van der Waals surface area contributed by atoms with Crippen LogP contribution in [0.1, 0.15) is 32.6 Å². The fraction of sp³-hybridized carbons (Fsp3) is 0.722. The van der Waals surface area contributed by atoms with Gasteiger partial charge in [0, 0.05) is 44.5 Å². The number of piperidine rings is 1. The van der Waals surface area contributed by atoms with E-state index in [9.17, 15) is 4.79 Å². The van der Waals surface area contributed by atoms with Crippen LogP contribution in [0, 0.1) is 0 Å². The summed E-state index contributed by atoms with van der Waals surface area (Å²) in [6.07, 6.45) is 6.10. The van der Waals surface area contributed by atoms with Crippen LogP contribution in [0.3, 0.4) is 0 Å². The SMILES string of the molecule is CCN1CCC(NC(=O)CNC[C@H]2CCCN2c2cccnn2)CC1.